The van der Waals surface area contributed by atoms with Crippen LogP contribution in [0, 0.1) is 11.7 Å². The number of anilines is 2. The highest BCUT2D eigenvalue weighted by atomic mass is 79.9. The van der Waals surface area contributed by atoms with Gasteiger partial charge in [0.25, 0.3) is 5.91 Å². The summed E-state index contributed by atoms with van der Waals surface area (Å²) in [6, 6.07) is 13.9. The second-order valence-corrected chi connectivity index (χ2v) is 12.9. The fraction of sp³-hybridized carbons (Fsp3) is 0.172. The van der Waals surface area contributed by atoms with Crippen LogP contribution < -0.4 is 19.8 Å². The van der Waals surface area contributed by atoms with Crippen molar-refractivity contribution in [1.82, 2.24) is 4.98 Å². The molecular weight excluding hydrogens is 690 g/mol. The Labute approximate surface area is 262 Å². The van der Waals surface area contributed by atoms with Gasteiger partial charge in [0, 0.05) is 26.5 Å². The summed E-state index contributed by atoms with van der Waals surface area (Å²) in [6.45, 7) is -0.471. The molecule has 226 valence electrons. The lowest BCUT2D eigenvalue weighted by Crippen LogP contribution is -2.32. The number of imide groups is 1. The van der Waals surface area contributed by atoms with Gasteiger partial charge in [-0.1, -0.05) is 45.1 Å². The molecule has 0 radical (unpaired) electrons. The van der Waals surface area contributed by atoms with Gasteiger partial charge in [-0.25, -0.2) is 9.29 Å². The molecule has 2 aliphatic rings. The number of thioether (sulfide) groups is 1. The minimum atomic E-state index is -4.69. The topological polar surface area (TPSA) is 109 Å². The van der Waals surface area contributed by atoms with Crippen LogP contribution in [0.1, 0.15) is 21.9 Å². The third kappa shape index (κ3) is 5.66. The summed E-state index contributed by atoms with van der Waals surface area (Å²) in [5, 5.41) is 1.88. The number of hydrogen-bond acceptors (Lipinski definition) is 7. The number of fused-ring (bicyclic) bond motifs is 2. The number of rotatable bonds is 6. The van der Waals surface area contributed by atoms with Crippen molar-refractivity contribution >= 4 is 68.1 Å². The number of amides is 3. The van der Waals surface area contributed by atoms with Crippen LogP contribution in [-0.4, -0.2) is 34.6 Å². The summed E-state index contributed by atoms with van der Waals surface area (Å²) < 4.78 is 60.1. The monoisotopic (exact) mass is 707 g/mol. The molecule has 2 N–H and O–H groups in total. The van der Waals surface area contributed by atoms with Crippen molar-refractivity contribution in [1.29, 1.82) is 0 Å². The van der Waals surface area contributed by atoms with Crippen LogP contribution in [0.4, 0.5) is 28.9 Å². The maximum atomic E-state index is 14.0. The number of nitrogens with zero attached hydrogens (tertiary/aromatic N) is 1. The Morgan fingerprint density at radius 3 is 2.50 bits per heavy atom. The van der Waals surface area contributed by atoms with E-state index in [1.165, 1.54) is 30.3 Å². The van der Waals surface area contributed by atoms with E-state index in [1.54, 1.807) is 18.2 Å². The standard InChI is InChI=1S/C29H18BrF4N3O5S2/c30-14-4-9-19(42-12-20(38)35-16-7-5-15(31)6-8-16)18(11-14)21-22-24(43-25-23(21)44-28(41)36-25)27(40)37(26(22)39)17-3-1-2-13(10-17)29(32,33)34/h1-11,21-22,24H,12H2,(H,35,38)(H,36,41)/t21-,22-,24+/m0/s1. The van der Waals surface area contributed by atoms with Gasteiger partial charge < -0.3 is 15.0 Å². The van der Waals surface area contributed by atoms with Crippen LogP contribution in [0.3, 0.4) is 0 Å². The lowest BCUT2D eigenvalue weighted by atomic mass is 9.82. The minimum Gasteiger partial charge on any atom is -0.483 e. The number of ether oxygens (including phenoxy) is 1. The molecular formula is C29H18BrF4N3O5S2. The highest BCUT2D eigenvalue weighted by Crippen LogP contribution is 2.55. The van der Waals surface area contributed by atoms with Gasteiger partial charge in [-0.15, -0.1) is 0 Å². The summed E-state index contributed by atoms with van der Waals surface area (Å²) in [5.74, 6) is -4.32. The van der Waals surface area contributed by atoms with Crippen molar-refractivity contribution in [2.24, 2.45) is 5.92 Å². The second kappa shape index (κ2) is 11.5. The molecule has 8 nitrogen and oxygen atoms in total. The van der Waals surface area contributed by atoms with Crippen molar-refractivity contribution in [3.63, 3.8) is 0 Å². The number of hydrogen-bond donors (Lipinski definition) is 2. The van der Waals surface area contributed by atoms with Crippen molar-refractivity contribution in [3.8, 4) is 5.75 Å². The number of nitrogens with one attached hydrogen (secondary N) is 2. The number of aromatic nitrogens is 1. The Kier molecular flexibility index (Phi) is 7.88. The zero-order valence-corrected chi connectivity index (χ0v) is 25.2. The molecule has 3 heterocycles. The molecule has 0 spiro atoms. The Morgan fingerprint density at radius 1 is 1.02 bits per heavy atom. The normalized spacial score (nSPS) is 19.5. The van der Waals surface area contributed by atoms with E-state index >= 15 is 0 Å². The molecule has 3 amide bonds. The fourth-order valence-corrected chi connectivity index (χ4v) is 8.08. The molecule has 1 aromatic heterocycles. The first kappa shape index (κ1) is 30.1. The van der Waals surface area contributed by atoms with Crippen LogP contribution >= 0.6 is 39.0 Å². The molecule has 0 bridgehead atoms. The van der Waals surface area contributed by atoms with E-state index in [9.17, 15) is 36.7 Å². The third-order valence-corrected chi connectivity index (χ3v) is 9.94. The lowest BCUT2D eigenvalue weighted by molar-refractivity contribution is -0.137. The van der Waals surface area contributed by atoms with E-state index in [-0.39, 0.29) is 11.4 Å². The van der Waals surface area contributed by atoms with E-state index in [4.69, 9.17) is 4.74 Å². The molecule has 2 aliphatic heterocycles. The van der Waals surface area contributed by atoms with E-state index < -0.39 is 63.8 Å². The predicted octanol–water partition coefficient (Wildman–Crippen LogP) is 6.17. The summed E-state index contributed by atoms with van der Waals surface area (Å²) in [4.78, 5) is 56.2. The number of benzene rings is 3. The molecule has 0 aliphatic carbocycles. The van der Waals surface area contributed by atoms with Gasteiger partial charge in [0.1, 0.15) is 16.8 Å². The number of H-pyrrole nitrogens is 1. The quantitative estimate of drug-likeness (QED) is 0.183. The zero-order chi connectivity index (χ0) is 31.3. The average molecular weight is 709 g/mol. The molecule has 6 rings (SSSR count). The summed E-state index contributed by atoms with van der Waals surface area (Å²) >= 11 is 5.23. The minimum absolute atomic E-state index is 0.183. The molecule has 44 heavy (non-hydrogen) atoms. The summed E-state index contributed by atoms with van der Waals surface area (Å²) in [5.41, 5.74) is -0.509. The summed E-state index contributed by atoms with van der Waals surface area (Å²) in [7, 11) is 0. The number of thiazole rings is 1. The van der Waals surface area contributed by atoms with Crippen LogP contribution in [-0.2, 0) is 20.6 Å². The molecule has 3 atom stereocenters. The van der Waals surface area contributed by atoms with E-state index in [0.29, 0.717) is 25.6 Å². The smallest absolute Gasteiger partial charge is 0.416 e. The number of carbonyl (C=O) groups excluding carboxylic acids is 3. The van der Waals surface area contributed by atoms with E-state index in [1.807, 2.05) is 0 Å². The third-order valence-electron chi connectivity index (χ3n) is 7.05. The van der Waals surface area contributed by atoms with Crippen LogP contribution in [0.2, 0.25) is 0 Å². The fourth-order valence-electron chi connectivity index (χ4n) is 5.20. The molecule has 15 heteroatoms. The van der Waals surface area contributed by atoms with Crippen molar-refractivity contribution < 1.29 is 36.7 Å². The van der Waals surface area contributed by atoms with Gasteiger partial charge in [0.2, 0.25) is 11.8 Å². The highest BCUT2D eigenvalue weighted by Gasteiger charge is 2.57. The molecule has 1 saturated heterocycles. The highest BCUT2D eigenvalue weighted by molar-refractivity contribution is 9.10. The van der Waals surface area contributed by atoms with Crippen molar-refractivity contribution in [2.45, 2.75) is 22.4 Å². The van der Waals surface area contributed by atoms with Crippen LogP contribution in [0.25, 0.3) is 0 Å². The molecule has 0 saturated carbocycles. The molecule has 3 aromatic carbocycles. The SMILES string of the molecule is O=C(COc1ccc(Br)cc1[C@@H]1c2sc(=O)[nH]c2S[C@H]2C(=O)N(c3cccc(C(F)(F)F)c3)C(=O)[C@@H]12)Nc1ccc(F)cc1. The average Bonchev–Trinajstić information content (AvgIpc) is 3.47. The van der Waals surface area contributed by atoms with Gasteiger partial charge in [-0.05, 0) is 60.7 Å². The first-order valence-corrected chi connectivity index (χ1v) is 15.3. The maximum Gasteiger partial charge on any atom is 0.416 e. The van der Waals surface area contributed by atoms with E-state index in [0.717, 1.165) is 46.2 Å². The Hall–Kier alpha value is -3.95. The Balaban J connectivity index is 1.36. The van der Waals surface area contributed by atoms with Crippen molar-refractivity contribution in [2.75, 3.05) is 16.8 Å². The summed E-state index contributed by atoms with van der Waals surface area (Å²) in [6.07, 6.45) is -4.69. The van der Waals surface area contributed by atoms with Crippen LogP contribution in [0.15, 0.2) is 81.0 Å². The number of carbonyl (C=O) groups is 3. The number of alkyl halides is 3. The largest absolute Gasteiger partial charge is 0.483 e. The predicted molar refractivity (Wildman–Crippen MR) is 159 cm³/mol. The van der Waals surface area contributed by atoms with Crippen LogP contribution in [0.5, 0.6) is 5.75 Å². The first-order chi connectivity index (χ1) is 20.9. The molecule has 4 aromatic rings. The number of halogens is 5. The Morgan fingerprint density at radius 2 is 1.77 bits per heavy atom. The van der Waals surface area contributed by atoms with Gasteiger partial charge in [-0.2, -0.15) is 13.2 Å². The van der Waals surface area contributed by atoms with Crippen molar-refractivity contribution in [3.05, 3.63) is 103 Å². The lowest BCUT2D eigenvalue weighted by Gasteiger charge is -2.31. The zero-order valence-electron chi connectivity index (χ0n) is 22.0. The first-order valence-electron chi connectivity index (χ1n) is 12.8. The molecule has 1 fully saturated rings. The van der Waals surface area contributed by atoms with Gasteiger partial charge in [-0.3, -0.25) is 19.2 Å². The van der Waals surface area contributed by atoms with Gasteiger partial charge in [0.05, 0.1) is 22.2 Å². The van der Waals surface area contributed by atoms with Gasteiger partial charge >= 0.3 is 11.0 Å². The van der Waals surface area contributed by atoms with E-state index in [2.05, 4.69) is 26.2 Å². The van der Waals surface area contributed by atoms with Gasteiger partial charge in [0.15, 0.2) is 6.61 Å². The maximum absolute atomic E-state index is 14.0. The Bertz CT molecular complexity index is 1860. The number of aromatic amines is 1. The second-order valence-electron chi connectivity index (χ2n) is 9.84. The molecule has 0 unspecified atom stereocenters.